The van der Waals surface area contributed by atoms with E-state index in [0.29, 0.717) is 17.1 Å². The highest BCUT2D eigenvalue weighted by atomic mass is 16.3. The number of furan rings is 4. The second kappa shape index (κ2) is 11.8. The zero-order valence-corrected chi connectivity index (χ0v) is 30.7. The van der Waals surface area contributed by atoms with E-state index >= 15 is 0 Å². The van der Waals surface area contributed by atoms with Gasteiger partial charge in [-0.15, -0.1) is 0 Å². The van der Waals surface area contributed by atoms with E-state index in [1.807, 2.05) is 78.9 Å². The van der Waals surface area contributed by atoms with Crippen molar-refractivity contribution in [3.05, 3.63) is 170 Å². The Hall–Kier alpha value is -7.96. The lowest BCUT2D eigenvalue weighted by molar-refractivity contribution is 0.666. The van der Waals surface area contributed by atoms with E-state index in [-0.39, 0.29) is 0 Å². The average Bonchev–Trinajstić information content (AvgIpc) is 4.05. The summed E-state index contributed by atoms with van der Waals surface area (Å²) >= 11 is 0. The fraction of sp³-hybridized carbons (Fsp3) is 0. The molecule has 13 aromatic rings. The molecule has 0 fully saturated rings. The van der Waals surface area contributed by atoms with Crippen molar-refractivity contribution in [2.24, 2.45) is 0 Å². The van der Waals surface area contributed by atoms with Gasteiger partial charge in [0.25, 0.3) is 0 Å². The standard InChI is InChI=1S/C52H28N2O4/c1-2-8-29(9-3-1)31-15-21-39-48(26-31)58-51-49(33-18-23-45-41(25-33)36-11-5-7-13-43(36)56-45)53-52(54-50(39)51)34-16-20-38-37-19-14-32(27-46(37)57-47(38)28-34)30-17-22-44-40(24-30)35-10-4-6-12-42(35)55-44/h1-28H. The van der Waals surface area contributed by atoms with Crippen molar-refractivity contribution in [3.8, 4) is 44.9 Å². The first-order valence-electron chi connectivity index (χ1n) is 19.3. The molecule has 6 heteroatoms. The van der Waals surface area contributed by atoms with Gasteiger partial charge in [-0.1, -0.05) is 91.0 Å². The first-order valence-corrected chi connectivity index (χ1v) is 19.3. The summed E-state index contributed by atoms with van der Waals surface area (Å²) in [6, 6.07) is 58.1. The molecule has 0 bridgehead atoms. The highest BCUT2D eigenvalue weighted by molar-refractivity contribution is 6.12. The molecule has 0 spiro atoms. The van der Waals surface area contributed by atoms with Crippen LogP contribution in [0.25, 0.3) is 133 Å². The molecule has 0 aliphatic rings. The van der Waals surface area contributed by atoms with Crippen LogP contribution in [0.4, 0.5) is 0 Å². The molecule has 5 heterocycles. The van der Waals surface area contributed by atoms with Crippen molar-refractivity contribution in [3.63, 3.8) is 0 Å². The van der Waals surface area contributed by atoms with Crippen LogP contribution in [0.3, 0.4) is 0 Å². The largest absolute Gasteiger partial charge is 0.456 e. The van der Waals surface area contributed by atoms with Crippen LogP contribution >= 0.6 is 0 Å². The van der Waals surface area contributed by atoms with Gasteiger partial charge in [-0.3, -0.25) is 0 Å². The molecule has 0 aliphatic heterocycles. The number of para-hydroxylation sites is 2. The lowest BCUT2D eigenvalue weighted by Crippen LogP contribution is -1.94. The molecule has 0 atom stereocenters. The Morgan fingerprint density at radius 1 is 0.276 bits per heavy atom. The van der Waals surface area contributed by atoms with Crippen molar-refractivity contribution in [2.75, 3.05) is 0 Å². The minimum atomic E-state index is 0.582. The van der Waals surface area contributed by atoms with Crippen LogP contribution in [-0.4, -0.2) is 9.97 Å². The normalized spacial score (nSPS) is 12.1. The molecular weight excluding hydrogens is 717 g/mol. The van der Waals surface area contributed by atoms with Gasteiger partial charge in [-0.25, -0.2) is 9.97 Å². The van der Waals surface area contributed by atoms with Crippen molar-refractivity contribution in [1.29, 1.82) is 0 Å². The zero-order valence-electron chi connectivity index (χ0n) is 30.7. The topological polar surface area (TPSA) is 78.3 Å². The summed E-state index contributed by atoms with van der Waals surface area (Å²) in [6.07, 6.45) is 0. The maximum Gasteiger partial charge on any atom is 0.180 e. The number of rotatable bonds is 4. The molecule has 0 radical (unpaired) electrons. The fourth-order valence-corrected chi connectivity index (χ4v) is 8.65. The second-order valence-electron chi connectivity index (χ2n) is 14.9. The van der Waals surface area contributed by atoms with Crippen LogP contribution in [0.15, 0.2) is 188 Å². The quantitative estimate of drug-likeness (QED) is 0.179. The van der Waals surface area contributed by atoms with Gasteiger partial charge in [0.1, 0.15) is 50.3 Å². The third-order valence-corrected chi connectivity index (χ3v) is 11.5. The number of aromatic nitrogens is 2. The van der Waals surface area contributed by atoms with Gasteiger partial charge >= 0.3 is 0 Å². The summed E-state index contributed by atoms with van der Waals surface area (Å²) in [5.74, 6) is 0.582. The van der Waals surface area contributed by atoms with E-state index in [1.165, 1.54) is 0 Å². The summed E-state index contributed by atoms with van der Waals surface area (Å²) in [6.45, 7) is 0. The Kier molecular flexibility index (Phi) is 6.35. The Labute approximate surface area is 329 Å². The van der Waals surface area contributed by atoms with E-state index in [4.69, 9.17) is 27.6 Å². The molecule has 58 heavy (non-hydrogen) atoms. The third kappa shape index (κ3) is 4.66. The van der Waals surface area contributed by atoms with E-state index in [1.54, 1.807) is 0 Å². The van der Waals surface area contributed by atoms with Crippen LogP contribution in [0.2, 0.25) is 0 Å². The van der Waals surface area contributed by atoms with Crippen LogP contribution in [-0.2, 0) is 0 Å². The molecule has 8 aromatic carbocycles. The average molecular weight is 745 g/mol. The zero-order chi connectivity index (χ0) is 37.9. The number of fused-ring (bicyclic) bond motifs is 12. The number of hydrogen-bond acceptors (Lipinski definition) is 6. The van der Waals surface area contributed by atoms with Crippen LogP contribution < -0.4 is 0 Å². The van der Waals surface area contributed by atoms with Gasteiger partial charge in [0.2, 0.25) is 0 Å². The van der Waals surface area contributed by atoms with Crippen molar-refractivity contribution >= 4 is 87.9 Å². The van der Waals surface area contributed by atoms with Crippen LogP contribution in [0, 0.1) is 0 Å². The molecule has 0 N–H and O–H groups in total. The highest BCUT2D eigenvalue weighted by Crippen LogP contribution is 2.41. The van der Waals surface area contributed by atoms with Crippen molar-refractivity contribution < 1.29 is 17.7 Å². The minimum Gasteiger partial charge on any atom is -0.456 e. The number of nitrogens with zero attached hydrogens (tertiary/aromatic N) is 2. The van der Waals surface area contributed by atoms with Crippen LogP contribution in [0.5, 0.6) is 0 Å². The van der Waals surface area contributed by atoms with Gasteiger partial charge in [0, 0.05) is 48.8 Å². The molecule has 0 saturated carbocycles. The molecule has 0 unspecified atom stereocenters. The van der Waals surface area contributed by atoms with Crippen molar-refractivity contribution in [1.82, 2.24) is 9.97 Å². The maximum atomic E-state index is 6.70. The highest BCUT2D eigenvalue weighted by Gasteiger charge is 2.21. The first kappa shape index (κ1) is 31.3. The molecule has 5 aromatic heterocycles. The van der Waals surface area contributed by atoms with E-state index in [2.05, 4.69) is 91.0 Å². The molecular formula is C52H28N2O4. The third-order valence-electron chi connectivity index (χ3n) is 11.5. The van der Waals surface area contributed by atoms with Gasteiger partial charge in [0.05, 0.1) is 0 Å². The van der Waals surface area contributed by atoms with E-state index in [0.717, 1.165) is 116 Å². The molecule has 6 nitrogen and oxygen atoms in total. The Morgan fingerprint density at radius 3 is 1.45 bits per heavy atom. The van der Waals surface area contributed by atoms with Gasteiger partial charge in [-0.05, 0) is 101 Å². The van der Waals surface area contributed by atoms with Gasteiger partial charge < -0.3 is 17.7 Å². The molecule has 0 saturated heterocycles. The lowest BCUT2D eigenvalue weighted by atomic mass is 10.0. The Bertz CT molecular complexity index is 3810. The van der Waals surface area contributed by atoms with Crippen molar-refractivity contribution in [2.45, 2.75) is 0 Å². The van der Waals surface area contributed by atoms with E-state index < -0.39 is 0 Å². The minimum absolute atomic E-state index is 0.582. The van der Waals surface area contributed by atoms with E-state index in [9.17, 15) is 0 Å². The fourth-order valence-electron chi connectivity index (χ4n) is 8.65. The van der Waals surface area contributed by atoms with Gasteiger partial charge in [0.15, 0.2) is 11.4 Å². The molecule has 270 valence electrons. The monoisotopic (exact) mass is 744 g/mol. The molecule has 0 amide bonds. The predicted octanol–water partition coefficient (Wildman–Crippen LogP) is 14.7. The summed E-state index contributed by atoms with van der Waals surface area (Å²) in [7, 11) is 0. The smallest absolute Gasteiger partial charge is 0.180 e. The predicted molar refractivity (Wildman–Crippen MR) is 233 cm³/mol. The Morgan fingerprint density at radius 2 is 0.741 bits per heavy atom. The van der Waals surface area contributed by atoms with Gasteiger partial charge in [-0.2, -0.15) is 0 Å². The molecule has 0 aliphatic carbocycles. The number of benzene rings is 8. The lowest BCUT2D eigenvalue weighted by Gasteiger charge is -2.07. The molecule has 13 rings (SSSR count). The maximum absolute atomic E-state index is 6.70. The SMILES string of the molecule is c1ccc(-c2ccc3c(c2)oc2c(-c4ccc5oc6ccccc6c5c4)nc(-c4ccc5c(c4)oc4cc(-c6ccc7oc8ccccc8c7c6)ccc45)nc23)cc1. The Balaban J connectivity index is 0.971. The summed E-state index contributed by atoms with van der Waals surface area (Å²) in [4.78, 5) is 10.5. The summed E-state index contributed by atoms with van der Waals surface area (Å²) in [5.41, 5.74) is 14.0. The van der Waals surface area contributed by atoms with Crippen LogP contribution in [0.1, 0.15) is 0 Å². The second-order valence-corrected chi connectivity index (χ2v) is 14.9. The summed E-state index contributed by atoms with van der Waals surface area (Å²) < 4.78 is 25.6. The number of hydrogen-bond donors (Lipinski definition) is 0. The first-order chi connectivity index (χ1) is 28.7. The summed E-state index contributed by atoms with van der Waals surface area (Å²) in [5, 5.41) is 7.28.